The lowest BCUT2D eigenvalue weighted by atomic mass is 9.90. The quantitative estimate of drug-likeness (QED) is 0.669. The molecule has 1 N–H and O–H groups in total. The van der Waals surface area contributed by atoms with Crippen LogP contribution >= 0.6 is 0 Å². The summed E-state index contributed by atoms with van der Waals surface area (Å²) in [6, 6.07) is 0.0400. The van der Waals surface area contributed by atoms with Crippen molar-refractivity contribution >= 4 is 11.9 Å². The highest BCUT2D eigenvalue weighted by atomic mass is 16.2. The van der Waals surface area contributed by atoms with Gasteiger partial charge in [0, 0.05) is 12.6 Å². The van der Waals surface area contributed by atoms with Crippen molar-refractivity contribution in [2.75, 3.05) is 6.54 Å². The van der Waals surface area contributed by atoms with Crippen LogP contribution in [-0.2, 0) is 4.79 Å². The zero-order valence-electron chi connectivity index (χ0n) is 8.03. The van der Waals surface area contributed by atoms with Gasteiger partial charge in [-0.15, -0.1) is 0 Å². The molecule has 3 aliphatic rings. The molecule has 3 rings (SSSR count). The monoisotopic (exact) mass is 194 g/mol. The first kappa shape index (κ1) is 8.26. The fourth-order valence-corrected chi connectivity index (χ4v) is 2.84. The lowest BCUT2D eigenvalue weighted by molar-refractivity contribution is -0.128. The van der Waals surface area contributed by atoms with Crippen molar-refractivity contribution in [3.8, 4) is 0 Å². The van der Waals surface area contributed by atoms with Crippen LogP contribution in [0.15, 0.2) is 0 Å². The number of urea groups is 1. The number of carbonyl (C=O) groups is 2. The summed E-state index contributed by atoms with van der Waals surface area (Å²) < 4.78 is 0. The predicted octanol–water partition coefficient (Wildman–Crippen LogP) is 0.727. The summed E-state index contributed by atoms with van der Waals surface area (Å²) in [7, 11) is 0. The molecule has 2 unspecified atom stereocenters. The molecule has 2 aliphatic heterocycles. The number of nitrogens with zero attached hydrogens (tertiary/aromatic N) is 1. The van der Waals surface area contributed by atoms with Crippen LogP contribution in [-0.4, -0.2) is 29.4 Å². The summed E-state index contributed by atoms with van der Waals surface area (Å²) in [6.45, 7) is 0.826. The number of rotatable bonds is 1. The number of carbonyl (C=O) groups excluding carboxylic acids is 2. The SMILES string of the molecule is O=C1NC(=O)N2CCCC2C1C1CC1. The van der Waals surface area contributed by atoms with Gasteiger partial charge in [-0.05, 0) is 31.6 Å². The molecule has 0 bridgehead atoms. The Bertz CT molecular complexity index is 298. The van der Waals surface area contributed by atoms with Crippen LogP contribution in [0.2, 0.25) is 0 Å². The van der Waals surface area contributed by atoms with Crippen molar-refractivity contribution in [1.29, 1.82) is 0 Å². The number of amides is 3. The summed E-state index contributed by atoms with van der Waals surface area (Å²) in [5.74, 6) is 0.615. The van der Waals surface area contributed by atoms with E-state index in [1.165, 1.54) is 0 Å². The van der Waals surface area contributed by atoms with Gasteiger partial charge in [0.25, 0.3) is 0 Å². The first-order valence-electron chi connectivity index (χ1n) is 5.39. The highest BCUT2D eigenvalue weighted by Gasteiger charge is 2.49. The van der Waals surface area contributed by atoms with E-state index in [9.17, 15) is 9.59 Å². The molecule has 0 aromatic carbocycles. The van der Waals surface area contributed by atoms with Crippen LogP contribution in [0.4, 0.5) is 4.79 Å². The van der Waals surface area contributed by atoms with Gasteiger partial charge in [-0.3, -0.25) is 10.1 Å². The van der Waals surface area contributed by atoms with Crippen LogP contribution in [0, 0.1) is 11.8 Å². The molecule has 1 saturated carbocycles. The Labute approximate surface area is 82.6 Å². The minimum Gasteiger partial charge on any atom is -0.321 e. The van der Waals surface area contributed by atoms with Gasteiger partial charge in [-0.2, -0.15) is 0 Å². The number of nitrogens with one attached hydrogen (secondary N) is 1. The smallest absolute Gasteiger partial charge is 0.321 e. The first-order valence-corrected chi connectivity index (χ1v) is 5.39. The number of fused-ring (bicyclic) bond motifs is 1. The molecule has 0 radical (unpaired) electrons. The molecular formula is C10H14N2O2. The molecule has 0 spiro atoms. The molecule has 3 fully saturated rings. The molecule has 2 heterocycles. The van der Waals surface area contributed by atoms with Crippen molar-refractivity contribution in [3.63, 3.8) is 0 Å². The van der Waals surface area contributed by atoms with Crippen LogP contribution in [0.5, 0.6) is 0 Å². The molecule has 0 aromatic rings. The zero-order chi connectivity index (χ0) is 9.71. The van der Waals surface area contributed by atoms with E-state index in [0.29, 0.717) is 5.92 Å². The van der Waals surface area contributed by atoms with Gasteiger partial charge in [-0.1, -0.05) is 0 Å². The normalized spacial score (nSPS) is 37.0. The average Bonchev–Trinajstić information content (AvgIpc) is 2.81. The molecule has 2 saturated heterocycles. The van der Waals surface area contributed by atoms with Gasteiger partial charge in [0.1, 0.15) is 0 Å². The van der Waals surface area contributed by atoms with Crippen molar-refractivity contribution in [2.45, 2.75) is 31.7 Å². The van der Waals surface area contributed by atoms with E-state index in [1.54, 1.807) is 0 Å². The second-order valence-corrected chi connectivity index (χ2v) is 4.56. The predicted molar refractivity (Wildman–Crippen MR) is 49.5 cm³/mol. The van der Waals surface area contributed by atoms with Crippen molar-refractivity contribution in [3.05, 3.63) is 0 Å². The maximum absolute atomic E-state index is 11.7. The van der Waals surface area contributed by atoms with Gasteiger partial charge in [-0.25, -0.2) is 4.79 Å². The van der Waals surface area contributed by atoms with Crippen LogP contribution in [0.1, 0.15) is 25.7 Å². The minimum absolute atomic E-state index is 0.0272. The van der Waals surface area contributed by atoms with Gasteiger partial charge in [0.2, 0.25) is 5.91 Å². The third-order valence-electron chi connectivity index (χ3n) is 3.64. The second-order valence-electron chi connectivity index (χ2n) is 4.56. The third kappa shape index (κ3) is 1.06. The molecular weight excluding hydrogens is 180 g/mol. The van der Waals surface area contributed by atoms with E-state index in [1.807, 2.05) is 4.90 Å². The molecule has 4 nitrogen and oxygen atoms in total. The van der Waals surface area contributed by atoms with Gasteiger partial charge < -0.3 is 4.90 Å². The summed E-state index contributed by atoms with van der Waals surface area (Å²) in [5.41, 5.74) is 0. The van der Waals surface area contributed by atoms with E-state index < -0.39 is 0 Å². The third-order valence-corrected chi connectivity index (χ3v) is 3.64. The summed E-state index contributed by atoms with van der Waals surface area (Å²) in [6.07, 6.45) is 4.39. The van der Waals surface area contributed by atoms with Gasteiger partial charge in [0.15, 0.2) is 0 Å². The number of imide groups is 1. The fraction of sp³-hybridized carbons (Fsp3) is 0.800. The largest absolute Gasteiger partial charge is 0.324 e. The Morgan fingerprint density at radius 3 is 2.71 bits per heavy atom. The molecule has 1 aliphatic carbocycles. The van der Waals surface area contributed by atoms with Crippen molar-refractivity contribution < 1.29 is 9.59 Å². The fourth-order valence-electron chi connectivity index (χ4n) is 2.84. The second kappa shape index (κ2) is 2.72. The molecule has 14 heavy (non-hydrogen) atoms. The van der Waals surface area contributed by atoms with Gasteiger partial charge >= 0.3 is 6.03 Å². The van der Waals surface area contributed by atoms with E-state index in [2.05, 4.69) is 5.32 Å². The number of hydrogen-bond donors (Lipinski definition) is 1. The average molecular weight is 194 g/mol. The zero-order valence-corrected chi connectivity index (χ0v) is 8.03. The maximum Gasteiger partial charge on any atom is 0.324 e. The van der Waals surface area contributed by atoms with Crippen LogP contribution in [0.25, 0.3) is 0 Å². The van der Waals surface area contributed by atoms with E-state index in [-0.39, 0.29) is 23.9 Å². The Morgan fingerprint density at radius 1 is 1.21 bits per heavy atom. The highest BCUT2D eigenvalue weighted by Crippen LogP contribution is 2.43. The van der Waals surface area contributed by atoms with Gasteiger partial charge in [0.05, 0.1) is 5.92 Å². The Balaban J connectivity index is 1.88. The van der Waals surface area contributed by atoms with Crippen molar-refractivity contribution in [2.24, 2.45) is 11.8 Å². The minimum atomic E-state index is -0.172. The van der Waals surface area contributed by atoms with E-state index >= 15 is 0 Å². The molecule has 76 valence electrons. The number of hydrogen-bond acceptors (Lipinski definition) is 2. The molecule has 3 amide bonds. The Hall–Kier alpha value is -1.06. The van der Waals surface area contributed by atoms with Crippen LogP contribution < -0.4 is 5.32 Å². The van der Waals surface area contributed by atoms with Crippen LogP contribution in [0.3, 0.4) is 0 Å². The van der Waals surface area contributed by atoms with E-state index in [4.69, 9.17) is 0 Å². The summed E-state index contributed by atoms with van der Waals surface area (Å²) in [4.78, 5) is 25.0. The standard InChI is InChI=1S/C10H14N2O2/c13-9-8(6-3-4-6)7-2-1-5-12(7)10(14)11-9/h6-8H,1-5H2,(H,11,13,14). The Kier molecular flexibility index (Phi) is 1.60. The lowest BCUT2D eigenvalue weighted by Gasteiger charge is -2.35. The first-order chi connectivity index (χ1) is 6.77. The highest BCUT2D eigenvalue weighted by molar-refractivity contribution is 5.99. The van der Waals surface area contributed by atoms with E-state index in [0.717, 1.165) is 32.2 Å². The molecule has 4 heteroatoms. The maximum atomic E-state index is 11.7. The Morgan fingerprint density at radius 2 is 2.00 bits per heavy atom. The van der Waals surface area contributed by atoms with Crippen molar-refractivity contribution in [1.82, 2.24) is 10.2 Å². The lowest BCUT2D eigenvalue weighted by Crippen LogP contribution is -2.58. The topological polar surface area (TPSA) is 49.4 Å². The summed E-state index contributed by atoms with van der Waals surface area (Å²) >= 11 is 0. The molecule has 0 aromatic heterocycles. The molecule has 2 atom stereocenters. The summed E-state index contributed by atoms with van der Waals surface area (Å²) in [5, 5.41) is 2.47.